The summed E-state index contributed by atoms with van der Waals surface area (Å²) in [5, 5.41) is 17.1. The first-order valence-electron chi connectivity index (χ1n) is 5.88. The first-order valence-corrected chi connectivity index (χ1v) is 5.88. The molecule has 0 aliphatic carbocycles. The lowest BCUT2D eigenvalue weighted by atomic mass is 10.1. The van der Waals surface area contributed by atoms with Gasteiger partial charge in [-0.1, -0.05) is 6.07 Å². The quantitative estimate of drug-likeness (QED) is 0.638. The van der Waals surface area contributed by atoms with Gasteiger partial charge in [0.15, 0.2) is 0 Å². The Bertz CT molecular complexity index is 687. The summed E-state index contributed by atoms with van der Waals surface area (Å²) in [7, 11) is 0. The van der Waals surface area contributed by atoms with Gasteiger partial charge in [0, 0.05) is 23.9 Å². The van der Waals surface area contributed by atoms with Crippen molar-refractivity contribution in [2.24, 2.45) is 0 Å². The SMILES string of the molecule is O=C(NCCc1ncn[nH]1)c1ccc2cn[nH]c2c1. The second-order valence-corrected chi connectivity index (χ2v) is 4.11. The van der Waals surface area contributed by atoms with Crippen molar-refractivity contribution in [3.63, 3.8) is 0 Å². The average molecular weight is 256 g/mol. The molecular weight excluding hydrogens is 244 g/mol. The fraction of sp³-hybridized carbons (Fsp3) is 0.167. The number of rotatable bonds is 4. The molecule has 0 aliphatic rings. The molecule has 0 spiro atoms. The number of aromatic nitrogens is 5. The Morgan fingerprint density at radius 3 is 3.05 bits per heavy atom. The Morgan fingerprint density at radius 2 is 2.21 bits per heavy atom. The molecule has 0 saturated carbocycles. The molecular formula is C12H12N6O. The molecule has 0 fully saturated rings. The lowest BCUT2D eigenvalue weighted by molar-refractivity contribution is 0.0954. The highest BCUT2D eigenvalue weighted by Gasteiger charge is 2.07. The molecule has 2 aromatic heterocycles. The first-order chi connectivity index (χ1) is 9.33. The van der Waals surface area contributed by atoms with Crippen LogP contribution in [0.15, 0.2) is 30.7 Å². The van der Waals surface area contributed by atoms with E-state index in [9.17, 15) is 4.79 Å². The van der Waals surface area contributed by atoms with Crippen LogP contribution in [-0.4, -0.2) is 37.8 Å². The maximum Gasteiger partial charge on any atom is 0.251 e. The van der Waals surface area contributed by atoms with E-state index in [0.29, 0.717) is 18.5 Å². The van der Waals surface area contributed by atoms with Gasteiger partial charge in [0.2, 0.25) is 0 Å². The minimum absolute atomic E-state index is 0.115. The number of aromatic amines is 2. The van der Waals surface area contributed by atoms with Crippen LogP contribution in [-0.2, 0) is 6.42 Å². The molecule has 19 heavy (non-hydrogen) atoms. The van der Waals surface area contributed by atoms with Crippen molar-refractivity contribution >= 4 is 16.8 Å². The summed E-state index contributed by atoms with van der Waals surface area (Å²) in [5.74, 6) is 0.639. The molecule has 0 unspecified atom stereocenters. The van der Waals surface area contributed by atoms with Crippen LogP contribution in [0.1, 0.15) is 16.2 Å². The Morgan fingerprint density at radius 1 is 1.26 bits per heavy atom. The number of nitrogens with zero attached hydrogens (tertiary/aromatic N) is 3. The molecule has 0 radical (unpaired) electrons. The predicted octanol–water partition coefficient (Wildman–Crippen LogP) is 0.653. The minimum atomic E-state index is -0.115. The summed E-state index contributed by atoms with van der Waals surface area (Å²) >= 11 is 0. The molecule has 1 aromatic carbocycles. The number of benzene rings is 1. The first kappa shape index (κ1) is 11.4. The molecule has 3 rings (SSSR count). The van der Waals surface area contributed by atoms with Crippen molar-refractivity contribution in [2.75, 3.05) is 6.54 Å². The summed E-state index contributed by atoms with van der Waals surface area (Å²) in [6.45, 7) is 0.509. The van der Waals surface area contributed by atoms with E-state index in [4.69, 9.17) is 0 Å². The minimum Gasteiger partial charge on any atom is -0.352 e. The van der Waals surface area contributed by atoms with Crippen LogP contribution >= 0.6 is 0 Å². The van der Waals surface area contributed by atoms with E-state index >= 15 is 0 Å². The van der Waals surface area contributed by atoms with Crippen molar-refractivity contribution in [3.05, 3.63) is 42.1 Å². The number of fused-ring (bicyclic) bond motifs is 1. The maximum absolute atomic E-state index is 11.9. The zero-order valence-corrected chi connectivity index (χ0v) is 10.1. The van der Waals surface area contributed by atoms with Crippen LogP contribution in [0.2, 0.25) is 0 Å². The number of carbonyl (C=O) groups excluding carboxylic acids is 1. The highest BCUT2D eigenvalue weighted by Crippen LogP contribution is 2.12. The lowest BCUT2D eigenvalue weighted by Crippen LogP contribution is -2.25. The van der Waals surface area contributed by atoms with Crippen LogP contribution in [0.3, 0.4) is 0 Å². The molecule has 3 aromatic rings. The molecule has 7 heteroatoms. The Labute approximate surface area is 108 Å². The summed E-state index contributed by atoms with van der Waals surface area (Å²) in [4.78, 5) is 15.9. The van der Waals surface area contributed by atoms with E-state index in [1.807, 2.05) is 6.07 Å². The second kappa shape index (κ2) is 4.89. The van der Waals surface area contributed by atoms with Gasteiger partial charge in [0.25, 0.3) is 5.91 Å². The largest absolute Gasteiger partial charge is 0.352 e. The van der Waals surface area contributed by atoms with Crippen LogP contribution in [0, 0.1) is 0 Å². The summed E-state index contributed by atoms with van der Waals surface area (Å²) in [6.07, 6.45) is 3.79. The third-order valence-corrected chi connectivity index (χ3v) is 2.82. The van der Waals surface area contributed by atoms with Gasteiger partial charge in [-0.2, -0.15) is 10.2 Å². The van der Waals surface area contributed by atoms with Crippen molar-refractivity contribution in [3.8, 4) is 0 Å². The van der Waals surface area contributed by atoms with Gasteiger partial charge in [0.1, 0.15) is 12.2 Å². The molecule has 0 atom stereocenters. The van der Waals surface area contributed by atoms with Crippen LogP contribution in [0.4, 0.5) is 0 Å². The highest BCUT2D eigenvalue weighted by atomic mass is 16.1. The lowest BCUT2D eigenvalue weighted by Gasteiger charge is -2.03. The van der Waals surface area contributed by atoms with E-state index in [-0.39, 0.29) is 5.91 Å². The van der Waals surface area contributed by atoms with Crippen LogP contribution < -0.4 is 5.32 Å². The molecule has 0 saturated heterocycles. The number of H-pyrrole nitrogens is 2. The zero-order chi connectivity index (χ0) is 13.1. The fourth-order valence-electron chi connectivity index (χ4n) is 1.83. The van der Waals surface area contributed by atoms with Gasteiger partial charge in [-0.05, 0) is 12.1 Å². The molecule has 2 heterocycles. The number of amides is 1. The summed E-state index contributed by atoms with van der Waals surface area (Å²) in [5.41, 5.74) is 1.46. The maximum atomic E-state index is 11.9. The zero-order valence-electron chi connectivity index (χ0n) is 10.1. The summed E-state index contributed by atoms with van der Waals surface area (Å²) < 4.78 is 0. The highest BCUT2D eigenvalue weighted by molar-refractivity contribution is 5.97. The second-order valence-electron chi connectivity index (χ2n) is 4.11. The Kier molecular flexibility index (Phi) is 2.93. The smallest absolute Gasteiger partial charge is 0.251 e. The number of carbonyl (C=O) groups is 1. The summed E-state index contributed by atoms with van der Waals surface area (Å²) in [6, 6.07) is 5.43. The van der Waals surface area contributed by atoms with Crippen molar-refractivity contribution in [1.82, 2.24) is 30.7 Å². The van der Waals surface area contributed by atoms with E-state index in [1.165, 1.54) is 6.33 Å². The normalized spacial score (nSPS) is 10.7. The van der Waals surface area contributed by atoms with E-state index in [2.05, 4.69) is 30.7 Å². The number of nitrogens with one attached hydrogen (secondary N) is 3. The van der Waals surface area contributed by atoms with E-state index in [0.717, 1.165) is 16.7 Å². The topological polar surface area (TPSA) is 99.3 Å². The number of hydrogen-bond donors (Lipinski definition) is 3. The van der Waals surface area contributed by atoms with Gasteiger partial charge in [-0.3, -0.25) is 15.0 Å². The molecule has 1 amide bonds. The molecule has 3 N–H and O–H groups in total. The predicted molar refractivity (Wildman–Crippen MR) is 68.5 cm³/mol. The van der Waals surface area contributed by atoms with E-state index < -0.39 is 0 Å². The molecule has 7 nitrogen and oxygen atoms in total. The van der Waals surface area contributed by atoms with Gasteiger partial charge >= 0.3 is 0 Å². The van der Waals surface area contributed by atoms with Gasteiger partial charge in [-0.15, -0.1) is 0 Å². The fourth-order valence-corrected chi connectivity index (χ4v) is 1.83. The van der Waals surface area contributed by atoms with Gasteiger partial charge in [0.05, 0.1) is 11.7 Å². The van der Waals surface area contributed by atoms with Crippen LogP contribution in [0.5, 0.6) is 0 Å². The Balaban J connectivity index is 1.63. The standard InChI is InChI=1S/C12H12N6O/c19-12(13-4-3-11-14-7-16-18-11)8-1-2-9-6-15-17-10(9)5-8/h1-2,5-7H,3-4H2,(H,13,19)(H,15,17)(H,14,16,18). The van der Waals surface area contributed by atoms with E-state index in [1.54, 1.807) is 18.3 Å². The van der Waals surface area contributed by atoms with Gasteiger partial charge < -0.3 is 5.32 Å². The van der Waals surface area contributed by atoms with Gasteiger partial charge in [-0.25, -0.2) is 4.98 Å². The van der Waals surface area contributed by atoms with Crippen LogP contribution in [0.25, 0.3) is 10.9 Å². The number of hydrogen-bond acceptors (Lipinski definition) is 4. The van der Waals surface area contributed by atoms with Crippen molar-refractivity contribution in [1.29, 1.82) is 0 Å². The molecule has 0 bridgehead atoms. The van der Waals surface area contributed by atoms with Crippen molar-refractivity contribution in [2.45, 2.75) is 6.42 Å². The monoisotopic (exact) mass is 256 g/mol. The average Bonchev–Trinajstić information content (AvgIpc) is 3.08. The molecule has 0 aliphatic heterocycles. The Hall–Kier alpha value is -2.70. The molecule has 96 valence electrons. The third kappa shape index (κ3) is 2.44. The third-order valence-electron chi connectivity index (χ3n) is 2.82. The van der Waals surface area contributed by atoms with Crippen molar-refractivity contribution < 1.29 is 4.79 Å².